The third-order valence-corrected chi connectivity index (χ3v) is 1.13. The molecule has 1 rings (SSSR count). The SMILES string of the molecule is NCc1[c]c(F)c(F)cc1. The minimum Gasteiger partial charge on any atom is -0.326 e. The topological polar surface area (TPSA) is 26.0 Å². The summed E-state index contributed by atoms with van der Waals surface area (Å²) >= 11 is 0. The van der Waals surface area contributed by atoms with Gasteiger partial charge in [0.2, 0.25) is 0 Å². The van der Waals surface area contributed by atoms with Crippen molar-refractivity contribution in [2.75, 3.05) is 0 Å². The highest BCUT2D eigenvalue weighted by molar-refractivity contribution is 5.15. The third-order valence-electron chi connectivity index (χ3n) is 1.13. The molecule has 0 fully saturated rings. The Hall–Kier alpha value is -0.960. The Bertz CT molecular complexity index is 235. The van der Waals surface area contributed by atoms with E-state index >= 15 is 0 Å². The zero-order chi connectivity index (χ0) is 7.56. The van der Waals surface area contributed by atoms with Crippen molar-refractivity contribution in [1.82, 2.24) is 0 Å². The first kappa shape index (κ1) is 7.15. The van der Waals surface area contributed by atoms with E-state index in [0.717, 1.165) is 6.07 Å². The monoisotopic (exact) mass is 142 g/mol. The van der Waals surface area contributed by atoms with Crippen molar-refractivity contribution >= 4 is 0 Å². The van der Waals surface area contributed by atoms with Crippen molar-refractivity contribution in [2.45, 2.75) is 6.54 Å². The van der Waals surface area contributed by atoms with Gasteiger partial charge < -0.3 is 5.73 Å². The fourth-order valence-corrected chi connectivity index (χ4v) is 0.608. The number of rotatable bonds is 1. The van der Waals surface area contributed by atoms with E-state index in [9.17, 15) is 8.78 Å². The van der Waals surface area contributed by atoms with Crippen molar-refractivity contribution in [3.05, 3.63) is 35.4 Å². The normalized spacial score (nSPS) is 9.90. The van der Waals surface area contributed by atoms with Crippen molar-refractivity contribution in [2.24, 2.45) is 5.73 Å². The van der Waals surface area contributed by atoms with Crippen molar-refractivity contribution < 1.29 is 8.78 Å². The molecule has 0 atom stereocenters. The van der Waals surface area contributed by atoms with Crippen LogP contribution in [0.3, 0.4) is 0 Å². The summed E-state index contributed by atoms with van der Waals surface area (Å²) in [5, 5.41) is 0. The molecule has 0 bridgehead atoms. The van der Waals surface area contributed by atoms with E-state index < -0.39 is 11.6 Å². The Balaban J connectivity index is 3.04. The van der Waals surface area contributed by atoms with Gasteiger partial charge in [0, 0.05) is 12.6 Å². The highest BCUT2D eigenvalue weighted by Crippen LogP contribution is 2.06. The third kappa shape index (κ3) is 1.30. The van der Waals surface area contributed by atoms with Crippen LogP contribution in [0.25, 0.3) is 0 Å². The van der Waals surface area contributed by atoms with Gasteiger partial charge in [-0.2, -0.15) is 0 Å². The molecule has 3 heteroatoms. The second-order valence-corrected chi connectivity index (χ2v) is 1.85. The largest absolute Gasteiger partial charge is 0.326 e. The highest BCUT2D eigenvalue weighted by atomic mass is 19.2. The van der Waals surface area contributed by atoms with Gasteiger partial charge >= 0.3 is 0 Å². The van der Waals surface area contributed by atoms with E-state index in [4.69, 9.17) is 5.73 Å². The van der Waals surface area contributed by atoms with E-state index in [-0.39, 0.29) is 6.54 Å². The van der Waals surface area contributed by atoms with Gasteiger partial charge in [-0.15, -0.1) is 0 Å². The quantitative estimate of drug-likeness (QED) is 0.626. The van der Waals surface area contributed by atoms with Crippen LogP contribution >= 0.6 is 0 Å². The van der Waals surface area contributed by atoms with Gasteiger partial charge in [-0.1, -0.05) is 6.07 Å². The molecule has 1 radical (unpaired) electrons. The summed E-state index contributed by atoms with van der Waals surface area (Å²) in [6.45, 7) is 0.178. The molecule has 0 saturated carbocycles. The van der Waals surface area contributed by atoms with Gasteiger partial charge in [-0.05, 0) is 11.6 Å². The Morgan fingerprint density at radius 3 is 2.60 bits per heavy atom. The van der Waals surface area contributed by atoms with E-state index in [1.165, 1.54) is 6.07 Å². The number of hydrogen-bond donors (Lipinski definition) is 1. The van der Waals surface area contributed by atoms with E-state index in [0.29, 0.717) is 5.56 Å². The van der Waals surface area contributed by atoms with Crippen molar-refractivity contribution in [1.29, 1.82) is 0 Å². The fourth-order valence-electron chi connectivity index (χ4n) is 0.608. The molecule has 0 aliphatic carbocycles. The Morgan fingerprint density at radius 2 is 2.10 bits per heavy atom. The van der Waals surface area contributed by atoms with E-state index in [1.807, 2.05) is 0 Å². The maximum atomic E-state index is 12.3. The number of hydrogen-bond acceptors (Lipinski definition) is 1. The Kier molecular flexibility index (Phi) is 1.97. The first-order chi connectivity index (χ1) is 4.74. The molecule has 0 heterocycles. The summed E-state index contributed by atoms with van der Waals surface area (Å²) in [7, 11) is 0. The zero-order valence-electron chi connectivity index (χ0n) is 5.20. The highest BCUT2D eigenvalue weighted by Gasteiger charge is 2.00. The van der Waals surface area contributed by atoms with Crippen LogP contribution in [0.5, 0.6) is 0 Å². The summed E-state index contributed by atoms with van der Waals surface area (Å²) in [5.41, 5.74) is 5.62. The second-order valence-electron chi connectivity index (χ2n) is 1.85. The second kappa shape index (κ2) is 2.75. The molecule has 53 valence electrons. The standard InChI is InChI=1S/C7H6F2N/c8-6-2-1-5(4-10)3-7(6)9/h1-2H,4,10H2. The molecule has 0 aliphatic heterocycles. The summed E-state index contributed by atoms with van der Waals surface area (Å²) in [5.74, 6) is -1.86. The molecular weight excluding hydrogens is 136 g/mol. The molecule has 0 aromatic heterocycles. The van der Waals surface area contributed by atoms with Crippen LogP contribution in [-0.2, 0) is 6.54 Å². The fraction of sp³-hybridized carbons (Fsp3) is 0.143. The molecule has 0 unspecified atom stereocenters. The number of halogens is 2. The number of nitrogens with two attached hydrogens (primary N) is 1. The van der Waals surface area contributed by atoms with Gasteiger partial charge in [0.25, 0.3) is 0 Å². The molecule has 0 spiro atoms. The number of benzene rings is 1. The maximum Gasteiger partial charge on any atom is 0.167 e. The van der Waals surface area contributed by atoms with Crippen molar-refractivity contribution in [3.8, 4) is 0 Å². The van der Waals surface area contributed by atoms with Gasteiger partial charge in [0.1, 0.15) is 0 Å². The molecule has 1 aromatic carbocycles. The van der Waals surface area contributed by atoms with E-state index in [2.05, 4.69) is 6.07 Å². The van der Waals surface area contributed by atoms with Gasteiger partial charge in [-0.25, -0.2) is 8.78 Å². The lowest BCUT2D eigenvalue weighted by atomic mass is 10.2. The van der Waals surface area contributed by atoms with Crippen LogP contribution in [0, 0.1) is 17.7 Å². The molecule has 1 nitrogen and oxygen atoms in total. The molecule has 1 aromatic rings. The van der Waals surface area contributed by atoms with Crippen molar-refractivity contribution in [3.63, 3.8) is 0 Å². The summed E-state index contributed by atoms with van der Waals surface area (Å²) in [6.07, 6.45) is 0. The first-order valence-corrected chi connectivity index (χ1v) is 2.80. The van der Waals surface area contributed by atoms with Gasteiger partial charge in [0.15, 0.2) is 11.6 Å². The van der Waals surface area contributed by atoms with Crippen LogP contribution in [0.2, 0.25) is 0 Å². The summed E-state index contributed by atoms with van der Waals surface area (Å²) < 4.78 is 24.5. The molecule has 2 N–H and O–H groups in total. The van der Waals surface area contributed by atoms with Crippen LogP contribution in [0.4, 0.5) is 8.78 Å². The van der Waals surface area contributed by atoms with Gasteiger partial charge in [0.05, 0.1) is 0 Å². The van der Waals surface area contributed by atoms with E-state index in [1.54, 1.807) is 0 Å². The van der Waals surface area contributed by atoms with Crippen LogP contribution < -0.4 is 5.73 Å². The first-order valence-electron chi connectivity index (χ1n) is 2.80. The molecular formula is C7H6F2N. The van der Waals surface area contributed by atoms with Gasteiger partial charge in [-0.3, -0.25) is 0 Å². The van der Waals surface area contributed by atoms with Crippen LogP contribution in [-0.4, -0.2) is 0 Å². The minimum atomic E-state index is -0.969. The maximum absolute atomic E-state index is 12.3. The smallest absolute Gasteiger partial charge is 0.167 e. The average molecular weight is 142 g/mol. The molecule has 10 heavy (non-hydrogen) atoms. The Labute approximate surface area is 57.5 Å². The predicted molar refractivity (Wildman–Crippen MR) is 33.1 cm³/mol. The van der Waals surface area contributed by atoms with Crippen LogP contribution in [0.1, 0.15) is 5.56 Å². The zero-order valence-corrected chi connectivity index (χ0v) is 5.20. The molecule has 0 saturated heterocycles. The predicted octanol–water partition coefficient (Wildman–Crippen LogP) is 1.22. The average Bonchev–Trinajstić information content (AvgIpc) is 1.95. The lowest BCUT2D eigenvalue weighted by Crippen LogP contribution is -1.97. The summed E-state index contributed by atoms with van der Waals surface area (Å²) in [4.78, 5) is 0. The lowest BCUT2D eigenvalue weighted by molar-refractivity contribution is 0.505. The molecule has 0 amide bonds. The molecule has 0 aliphatic rings. The minimum absolute atomic E-state index is 0.178. The van der Waals surface area contributed by atoms with Crippen LogP contribution in [0.15, 0.2) is 12.1 Å². The summed E-state index contributed by atoms with van der Waals surface area (Å²) in [6, 6.07) is 4.60. The Morgan fingerprint density at radius 1 is 1.40 bits per heavy atom. The lowest BCUT2D eigenvalue weighted by Gasteiger charge is -1.94.